The standard InChI is InChI=1S/C25H22Cl2N2/c26-20-6-12-23(13-7-20)29(24-14-8-21(27)9-15-24)22-10-4-19(5-11-22)25(18-28)16-2-1-3-17-25/h4-15H,1-3,16-17H2. The van der Waals surface area contributed by atoms with Crippen molar-refractivity contribution in [2.24, 2.45) is 0 Å². The third kappa shape index (κ3) is 4.13. The van der Waals surface area contributed by atoms with Crippen molar-refractivity contribution < 1.29 is 0 Å². The summed E-state index contributed by atoms with van der Waals surface area (Å²) >= 11 is 12.2. The van der Waals surface area contributed by atoms with E-state index in [2.05, 4.69) is 35.2 Å². The Morgan fingerprint density at radius 2 is 1.07 bits per heavy atom. The van der Waals surface area contributed by atoms with Crippen molar-refractivity contribution in [2.75, 3.05) is 4.90 Å². The third-order valence-electron chi connectivity index (χ3n) is 5.77. The molecule has 1 saturated carbocycles. The van der Waals surface area contributed by atoms with E-state index in [0.29, 0.717) is 10.0 Å². The van der Waals surface area contributed by atoms with Crippen molar-refractivity contribution in [3.8, 4) is 6.07 Å². The summed E-state index contributed by atoms with van der Waals surface area (Å²) in [5, 5.41) is 11.3. The number of anilines is 3. The van der Waals surface area contributed by atoms with Crippen LogP contribution in [0.3, 0.4) is 0 Å². The van der Waals surface area contributed by atoms with Gasteiger partial charge in [0, 0.05) is 27.1 Å². The lowest BCUT2D eigenvalue weighted by atomic mass is 9.70. The van der Waals surface area contributed by atoms with Crippen molar-refractivity contribution in [3.63, 3.8) is 0 Å². The Morgan fingerprint density at radius 3 is 1.48 bits per heavy atom. The van der Waals surface area contributed by atoms with Gasteiger partial charge in [-0.1, -0.05) is 54.6 Å². The van der Waals surface area contributed by atoms with Gasteiger partial charge in [-0.2, -0.15) is 5.26 Å². The molecule has 2 nitrogen and oxygen atoms in total. The lowest BCUT2D eigenvalue weighted by Gasteiger charge is -2.32. The molecule has 29 heavy (non-hydrogen) atoms. The zero-order valence-electron chi connectivity index (χ0n) is 16.1. The summed E-state index contributed by atoms with van der Waals surface area (Å²) in [6.45, 7) is 0. The highest BCUT2D eigenvalue weighted by Crippen LogP contribution is 2.41. The van der Waals surface area contributed by atoms with Gasteiger partial charge in [-0.25, -0.2) is 0 Å². The predicted molar refractivity (Wildman–Crippen MR) is 122 cm³/mol. The van der Waals surface area contributed by atoms with E-state index in [0.717, 1.165) is 48.3 Å². The van der Waals surface area contributed by atoms with E-state index in [9.17, 15) is 5.26 Å². The fourth-order valence-electron chi connectivity index (χ4n) is 4.18. The van der Waals surface area contributed by atoms with E-state index < -0.39 is 0 Å². The van der Waals surface area contributed by atoms with Gasteiger partial charge in [0.2, 0.25) is 0 Å². The lowest BCUT2D eigenvalue weighted by molar-refractivity contribution is 0.366. The maximum absolute atomic E-state index is 9.90. The first kappa shape index (κ1) is 19.8. The second kappa shape index (κ2) is 8.49. The van der Waals surface area contributed by atoms with Crippen LogP contribution >= 0.6 is 23.2 Å². The molecule has 1 aliphatic rings. The van der Waals surface area contributed by atoms with Gasteiger partial charge in [-0.05, 0) is 79.1 Å². The highest BCUT2D eigenvalue weighted by Gasteiger charge is 2.34. The van der Waals surface area contributed by atoms with E-state index in [1.54, 1.807) is 0 Å². The smallest absolute Gasteiger partial charge is 0.0822 e. The molecule has 0 unspecified atom stereocenters. The average molecular weight is 421 g/mol. The number of benzene rings is 3. The fourth-order valence-corrected chi connectivity index (χ4v) is 4.43. The monoisotopic (exact) mass is 420 g/mol. The van der Waals surface area contributed by atoms with Gasteiger partial charge >= 0.3 is 0 Å². The van der Waals surface area contributed by atoms with Crippen LogP contribution in [0.5, 0.6) is 0 Å². The lowest BCUT2D eigenvalue weighted by Crippen LogP contribution is -2.27. The van der Waals surface area contributed by atoms with Gasteiger partial charge in [-0.15, -0.1) is 0 Å². The van der Waals surface area contributed by atoms with Gasteiger partial charge < -0.3 is 4.90 Å². The van der Waals surface area contributed by atoms with Crippen molar-refractivity contribution in [1.82, 2.24) is 0 Å². The third-order valence-corrected chi connectivity index (χ3v) is 6.27. The van der Waals surface area contributed by atoms with Crippen LogP contribution in [0.25, 0.3) is 0 Å². The number of hydrogen-bond donors (Lipinski definition) is 0. The summed E-state index contributed by atoms with van der Waals surface area (Å²) in [6.07, 6.45) is 5.36. The minimum atomic E-state index is -0.345. The first-order valence-electron chi connectivity index (χ1n) is 9.94. The van der Waals surface area contributed by atoms with Gasteiger partial charge in [0.25, 0.3) is 0 Å². The molecule has 0 bridgehead atoms. The molecule has 3 aromatic rings. The van der Waals surface area contributed by atoms with Crippen LogP contribution in [0.4, 0.5) is 17.1 Å². The first-order chi connectivity index (χ1) is 14.1. The summed E-state index contributed by atoms with van der Waals surface area (Å²) in [6, 6.07) is 26.6. The Hall–Kier alpha value is -2.47. The molecule has 0 heterocycles. The van der Waals surface area contributed by atoms with Gasteiger partial charge in [-0.3, -0.25) is 0 Å². The van der Waals surface area contributed by atoms with Crippen molar-refractivity contribution in [1.29, 1.82) is 5.26 Å². The minimum absolute atomic E-state index is 0.345. The summed E-state index contributed by atoms with van der Waals surface area (Å²) in [7, 11) is 0. The molecule has 0 N–H and O–H groups in total. The Labute approximate surface area is 182 Å². The van der Waals surface area contributed by atoms with Crippen LogP contribution in [0.2, 0.25) is 10.0 Å². The number of halogens is 2. The van der Waals surface area contributed by atoms with Crippen LogP contribution in [0.1, 0.15) is 37.7 Å². The van der Waals surface area contributed by atoms with E-state index >= 15 is 0 Å². The molecular formula is C25H22Cl2N2. The predicted octanol–water partition coefficient (Wildman–Crippen LogP) is 8.19. The molecule has 4 rings (SSSR count). The molecule has 0 radical (unpaired) electrons. The molecule has 0 spiro atoms. The number of hydrogen-bond acceptors (Lipinski definition) is 2. The summed E-state index contributed by atoms with van der Waals surface area (Å²) in [5.41, 5.74) is 3.83. The maximum atomic E-state index is 9.90. The van der Waals surface area contributed by atoms with Crippen LogP contribution in [-0.2, 0) is 5.41 Å². The van der Waals surface area contributed by atoms with E-state index in [4.69, 9.17) is 23.2 Å². The number of rotatable bonds is 4. The molecule has 1 aliphatic carbocycles. The Kier molecular flexibility index (Phi) is 5.81. The molecule has 0 aliphatic heterocycles. The Balaban J connectivity index is 1.74. The second-order valence-electron chi connectivity index (χ2n) is 7.59. The first-order valence-corrected chi connectivity index (χ1v) is 10.7. The largest absolute Gasteiger partial charge is 0.311 e. The zero-order chi connectivity index (χ0) is 20.3. The molecule has 0 amide bonds. The highest BCUT2D eigenvalue weighted by molar-refractivity contribution is 6.31. The summed E-state index contributed by atoms with van der Waals surface area (Å²) in [4.78, 5) is 2.16. The van der Waals surface area contributed by atoms with Gasteiger partial charge in [0.05, 0.1) is 11.5 Å². The molecule has 4 heteroatoms. The second-order valence-corrected chi connectivity index (χ2v) is 8.46. The molecule has 0 aromatic heterocycles. The fraction of sp³-hybridized carbons (Fsp3) is 0.240. The molecule has 1 fully saturated rings. The minimum Gasteiger partial charge on any atom is -0.311 e. The topological polar surface area (TPSA) is 27.0 Å². The molecule has 3 aromatic carbocycles. The normalized spacial score (nSPS) is 15.5. The SMILES string of the molecule is N#CC1(c2ccc(N(c3ccc(Cl)cc3)c3ccc(Cl)cc3)cc2)CCCCC1. The van der Waals surface area contributed by atoms with Gasteiger partial charge in [0.15, 0.2) is 0 Å². The van der Waals surface area contributed by atoms with Crippen LogP contribution in [0.15, 0.2) is 72.8 Å². The number of nitriles is 1. The maximum Gasteiger partial charge on any atom is 0.0822 e. The van der Waals surface area contributed by atoms with Crippen LogP contribution in [0, 0.1) is 11.3 Å². The van der Waals surface area contributed by atoms with Crippen LogP contribution < -0.4 is 4.90 Å². The van der Waals surface area contributed by atoms with Crippen molar-refractivity contribution >= 4 is 40.3 Å². The van der Waals surface area contributed by atoms with E-state index in [1.807, 2.05) is 48.5 Å². The van der Waals surface area contributed by atoms with E-state index in [-0.39, 0.29) is 5.41 Å². The molecule has 146 valence electrons. The molecule has 0 saturated heterocycles. The van der Waals surface area contributed by atoms with Crippen molar-refractivity contribution in [2.45, 2.75) is 37.5 Å². The summed E-state index contributed by atoms with van der Waals surface area (Å²) < 4.78 is 0. The summed E-state index contributed by atoms with van der Waals surface area (Å²) in [5.74, 6) is 0. The molecule has 0 atom stereocenters. The average Bonchev–Trinajstić information content (AvgIpc) is 2.77. The Bertz CT molecular complexity index is 951. The highest BCUT2D eigenvalue weighted by atomic mass is 35.5. The zero-order valence-corrected chi connectivity index (χ0v) is 17.6. The van der Waals surface area contributed by atoms with E-state index in [1.165, 1.54) is 6.42 Å². The number of nitrogens with zero attached hydrogens (tertiary/aromatic N) is 2. The van der Waals surface area contributed by atoms with Crippen molar-refractivity contribution in [3.05, 3.63) is 88.4 Å². The Morgan fingerprint density at radius 1 is 0.655 bits per heavy atom. The van der Waals surface area contributed by atoms with Gasteiger partial charge in [0.1, 0.15) is 0 Å². The molecular weight excluding hydrogens is 399 g/mol. The quantitative estimate of drug-likeness (QED) is 0.425. The van der Waals surface area contributed by atoms with Crippen LogP contribution in [-0.4, -0.2) is 0 Å².